The summed E-state index contributed by atoms with van der Waals surface area (Å²) >= 11 is 0. The van der Waals surface area contributed by atoms with Crippen molar-refractivity contribution in [3.05, 3.63) is 12.2 Å². The van der Waals surface area contributed by atoms with Crippen molar-refractivity contribution in [1.29, 1.82) is 0 Å². The molecule has 1 atom stereocenters. The Balaban J connectivity index is 4.06. The topological polar surface area (TPSA) is 78.9 Å². The van der Waals surface area contributed by atoms with Crippen LogP contribution in [0.2, 0.25) is 0 Å². The van der Waals surface area contributed by atoms with Gasteiger partial charge in [0.15, 0.2) is 6.10 Å². The molecule has 81 heavy (non-hydrogen) atoms. The second-order valence-corrected chi connectivity index (χ2v) is 25.6. The molecule has 0 heterocycles. The van der Waals surface area contributed by atoms with Gasteiger partial charge in [-0.3, -0.25) is 14.4 Å². The molecule has 0 radical (unpaired) electrons. The number of esters is 3. The number of unbranched alkanes of at least 4 members (excludes halogenated alkanes) is 57. The highest BCUT2D eigenvalue weighted by Gasteiger charge is 2.20. The molecule has 0 aromatic rings. The maximum atomic E-state index is 12.9. The maximum absolute atomic E-state index is 12.9. The summed E-state index contributed by atoms with van der Waals surface area (Å²) in [6.07, 6.45) is 85.5. The second kappa shape index (κ2) is 70.6. The monoisotopic (exact) mass is 1140 g/mol. The molecule has 1 unspecified atom stereocenters. The predicted octanol–water partition coefficient (Wildman–Crippen LogP) is 25.6. The van der Waals surface area contributed by atoms with E-state index in [2.05, 4.69) is 32.9 Å². The van der Waals surface area contributed by atoms with Crippen LogP contribution in [0.15, 0.2) is 12.2 Å². The lowest BCUT2D eigenvalue weighted by molar-refractivity contribution is -0.167. The van der Waals surface area contributed by atoms with E-state index in [9.17, 15) is 14.4 Å². The fourth-order valence-electron chi connectivity index (χ4n) is 11.7. The lowest BCUT2D eigenvalue weighted by atomic mass is 10.0. The fourth-order valence-corrected chi connectivity index (χ4v) is 11.7. The van der Waals surface area contributed by atoms with Gasteiger partial charge in [0.1, 0.15) is 13.2 Å². The molecule has 0 rings (SSSR count). The van der Waals surface area contributed by atoms with E-state index < -0.39 is 6.10 Å². The number of carbonyl (C=O) groups is 3. The van der Waals surface area contributed by atoms with E-state index in [1.54, 1.807) is 0 Å². The van der Waals surface area contributed by atoms with Crippen LogP contribution >= 0.6 is 0 Å². The van der Waals surface area contributed by atoms with Crippen LogP contribution in [0.25, 0.3) is 0 Å². The minimum Gasteiger partial charge on any atom is -0.462 e. The average Bonchev–Trinajstić information content (AvgIpc) is 3.47. The standard InChI is InChI=1S/C75H144O6/c1-4-7-10-13-16-19-22-25-27-29-31-32-33-34-35-36-37-38-39-40-41-42-43-44-45-47-48-50-53-56-59-62-65-68-74(77)80-71-72(70-79-73(76)67-64-61-58-55-52-24-21-18-15-12-9-6-3)81-75(78)69-66-63-60-57-54-51-49-46-30-28-26-23-20-17-14-11-8-5-2/h29,31,72H,4-28,30,32-71H2,1-3H3/b31-29-. The SMILES string of the molecule is CCCCCCCCCC/C=C\CCCCCCCCCCCCCCCCCCCCCCCC(=O)OCC(COC(=O)CCCCCCCCCCCCCC)OC(=O)CCCCCCCCCCCCCCCCCCCC. The first-order chi connectivity index (χ1) is 40.0. The molecule has 0 fully saturated rings. The van der Waals surface area contributed by atoms with E-state index in [-0.39, 0.29) is 31.1 Å². The number of hydrogen-bond acceptors (Lipinski definition) is 6. The van der Waals surface area contributed by atoms with E-state index >= 15 is 0 Å². The minimum atomic E-state index is -0.764. The second-order valence-electron chi connectivity index (χ2n) is 25.6. The highest BCUT2D eigenvalue weighted by molar-refractivity contribution is 5.71. The largest absolute Gasteiger partial charge is 0.462 e. The summed E-state index contributed by atoms with van der Waals surface area (Å²) in [5.74, 6) is -0.824. The molecule has 0 bridgehead atoms. The van der Waals surface area contributed by atoms with Crippen molar-refractivity contribution in [2.45, 2.75) is 438 Å². The fraction of sp³-hybridized carbons (Fsp3) is 0.933. The summed E-state index contributed by atoms with van der Waals surface area (Å²) in [4.78, 5) is 38.4. The summed E-state index contributed by atoms with van der Waals surface area (Å²) in [5.41, 5.74) is 0. The highest BCUT2D eigenvalue weighted by Crippen LogP contribution is 2.19. The molecule has 0 aromatic carbocycles. The summed E-state index contributed by atoms with van der Waals surface area (Å²) in [7, 11) is 0. The number of allylic oxidation sites excluding steroid dienone is 2. The van der Waals surface area contributed by atoms with Gasteiger partial charge in [-0.05, 0) is 44.9 Å². The van der Waals surface area contributed by atoms with Crippen LogP contribution < -0.4 is 0 Å². The number of ether oxygens (including phenoxy) is 3. The molecule has 0 saturated heterocycles. The third-order valence-electron chi connectivity index (χ3n) is 17.3. The molecule has 0 aliphatic carbocycles. The lowest BCUT2D eigenvalue weighted by Gasteiger charge is -2.18. The van der Waals surface area contributed by atoms with Gasteiger partial charge in [0, 0.05) is 19.3 Å². The van der Waals surface area contributed by atoms with Crippen molar-refractivity contribution in [1.82, 2.24) is 0 Å². The first-order valence-corrected chi connectivity index (χ1v) is 37.2. The van der Waals surface area contributed by atoms with E-state index in [0.29, 0.717) is 19.3 Å². The van der Waals surface area contributed by atoms with Gasteiger partial charge in [0.05, 0.1) is 0 Å². The summed E-state index contributed by atoms with van der Waals surface area (Å²) in [6, 6.07) is 0. The molecule has 6 nitrogen and oxygen atoms in total. The number of hydrogen-bond donors (Lipinski definition) is 0. The Morgan fingerprint density at radius 2 is 0.407 bits per heavy atom. The average molecular weight is 1140 g/mol. The molecule has 0 amide bonds. The Morgan fingerprint density at radius 3 is 0.617 bits per heavy atom. The Morgan fingerprint density at radius 1 is 0.235 bits per heavy atom. The molecular weight excluding hydrogens is 997 g/mol. The first-order valence-electron chi connectivity index (χ1n) is 37.2. The van der Waals surface area contributed by atoms with Crippen molar-refractivity contribution in [3.63, 3.8) is 0 Å². The van der Waals surface area contributed by atoms with Gasteiger partial charge >= 0.3 is 17.9 Å². The van der Waals surface area contributed by atoms with Crippen LogP contribution in [0.5, 0.6) is 0 Å². The van der Waals surface area contributed by atoms with Crippen LogP contribution in [0, 0.1) is 0 Å². The molecule has 0 aliphatic heterocycles. The van der Waals surface area contributed by atoms with Gasteiger partial charge in [-0.15, -0.1) is 0 Å². The molecule has 0 aliphatic rings. The Kier molecular flexibility index (Phi) is 69.0. The zero-order chi connectivity index (χ0) is 58.5. The number of carbonyl (C=O) groups excluding carboxylic acids is 3. The molecule has 0 spiro atoms. The quantitative estimate of drug-likeness (QED) is 0.0261. The van der Waals surface area contributed by atoms with Crippen molar-refractivity contribution >= 4 is 17.9 Å². The first kappa shape index (κ1) is 79.2. The Labute approximate surface area is 507 Å². The Hall–Kier alpha value is -1.85. The van der Waals surface area contributed by atoms with E-state index in [4.69, 9.17) is 14.2 Å². The predicted molar refractivity (Wildman–Crippen MR) is 353 cm³/mol. The van der Waals surface area contributed by atoms with Crippen LogP contribution in [0.1, 0.15) is 432 Å². The van der Waals surface area contributed by atoms with Crippen LogP contribution in [0.4, 0.5) is 0 Å². The van der Waals surface area contributed by atoms with Crippen molar-refractivity contribution in [3.8, 4) is 0 Å². The molecule has 0 saturated carbocycles. The zero-order valence-corrected chi connectivity index (χ0v) is 55.4. The van der Waals surface area contributed by atoms with E-state index in [1.807, 2.05) is 0 Å². The van der Waals surface area contributed by atoms with Crippen LogP contribution in [0.3, 0.4) is 0 Å². The van der Waals surface area contributed by atoms with Gasteiger partial charge in [-0.1, -0.05) is 380 Å². The summed E-state index contributed by atoms with van der Waals surface area (Å²) < 4.78 is 17.0. The third-order valence-corrected chi connectivity index (χ3v) is 17.3. The summed E-state index contributed by atoms with van der Waals surface area (Å²) in [6.45, 7) is 6.73. The molecule has 480 valence electrons. The van der Waals surface area contributed by atoms with Crippen molar-refractivity contribution < 1.29 is 28.6 Å². The molecular formula is C75H144O6. The van der Waals surface area contributed by atoms with Gasteiger partial charge in [0.25, 0.3) is 0 Å². The van der Waals surface area contributed by atoms with Gasteiger partial charge in [0.2, 0.25) is 0 Å². The van der Waals surface area contributed by atoms with Crippen LogP contribution in [-0.4, -0.2) is 37.2 Å². The normalized spacial score (nSPS) is 12.0. The molecule has 0 aromatic heterocycles. The van der Waals surface area contributed by atoms with Crippen LogP contribution in [-0.2, 0) is 28.6 Å². The lowest BCUT2D eigenvalue weighted by Crippen LogP contribution is -2.30. The van der Waals surface area contributed by atoms with Gasteiger partial charge < -0.3 is 14.2 Å². The smallest absolute Gasteiger partial charge is 0.306 e. The Bertz CT molecular complexity index is 1260. The minimum absolute atomic E-state index is 0.0616. The van der Waals surface area contributed by atoms with E-state index in [1.165, 1.54) is 334 Å². The zero-order valence-electron chi connectivity index (χ0n) is 55.4. The number of rotatable bonds is 70. The summed E-state index contributed by atoms with van der Waals surface area (Å²) in [5, 5.41) is 0. The highest BCUT2D eigenvalue weighted by atomic mass is 16.6. The van der Waals surface area contributed by atoms with E-state index in [0.717, 1.165) is 57.8 Å². The van der Waals surface area contributed by atoms with Crippen molar-refractivity contribution in [2.24, 2.45) is 0 Å². The molecule has 0 N–H and O–H groups in total. The van der Waals surface area contributed by atoms with Gasteiger partial charge in [-0.25, -0.2) is 0 Å². The van der Waals surface area contributed by atoms with Gasteiger partial charge in [-0.2, -0.15) is 0 Å². The maximum Gasteiger partial charge on any atom is 0.306 e. The third kappa shape index (κ3) is 68.8. The molecule has 6 heteroatoms. The van der Waals surface area contributed by atoms with Crippen molar-refractivity contribution in [2.75, 3.05) is 13.2 Å².